The lowest BCUT2D eigenvalue weighted by Crippen LogP contribution is -2.26. The van der Waals surface area contributed by atoms with Crippen molar-refractivity contribution in [2.75, 3.05) is 7.05 Å². The van der Waals surface area contributed by atoms with E-state index in [0.29, 0.717) is 6.04 Å². The quantitative estimate of drug-likeness (QED) is 0.734. The van der Waals surface area contributed by atoms with Gasteiger partial charge in [0.05, 0.1) is 11.2 Å². The van der Waals surface area contributed by atoms with Gasteiger partial charge < -0.3 is 10.6 Å². The Hall–Kier alpha value is -1.32. The van der Waals surface area contributed by atoms with Gasteiger partial charge in [0.1, 0.15) is 5.82 Å². The van der Waals surface area contributed by atoms with Gasteiger partial charge in [0.2, 0.25) is 0 Å². The van der Waals surface area contributed by atoms with Crippen LogP contribution >= 0.6 is 0 Å². The van der Waals surface area contributed by atoms with Gasteiger partial charge in [-0.25, -0.2) is 4.99 Å². The number of nitrogens with zero attached hydrogens (tertiary/aromatic N) is 2. The van der Waals surface area contributed by atoms with Gasteiger partial charge >= 0.3 is 0 Å². The van der Waals surface area contributed by atoms with Crippen LogP contribution in [-0.4, -0.2) is 31.1 Å². The molecule has 0 atom stereocenters. The molecule has 0 amide bonds. The van der Waals surface area contributed by atoms with Crippen molar-refractivity contribution in [3.63, 3.8) is 0 Å². The summed E-state index contributed by atoms with van der Waals surface area (Å²) < 4.78 is 0. The van der Waals surface area contributed by atoms with Crippen LogP contribution in [0.25, 0.3) is 0 Å². The van der Waals surface area contributed by atoms with Crippen molar-refractivity contribution in [2.45, 2.75) is 39.3 Å². The lowest BCUT2D eigenvalue weighted by atomic mass is 10.1. The summed E-state index contributed by atoms with van der Waals surface area (Å²) in [6, 6.07) is 0.367. The lowest BCUT2D eigenvalue weighted by Gasteiger charge is -2.12. The Balaban J connectivity index is 2.98. The highest BCUT2D eigenvalue weighted by molar-refractivity contribution is 5.85. The molecule has 0 unspecified atom stereocenters. The Kier molecular flexibility index (Phi) is 3.50. The molecule has 0 aromatic rings. The Morgan fingerprint density at radius 1 is 1.33 bits per heavy atom. The smallest absolute Gasteiger partial charge is 0.150 e. The Labute approximate surface area is 91.6 Å². The van der Waals surface area contributed by atoms with Gasteiger partial charge in [-0.3, -0.25) is 4.99 Å². The molecule has 2 N–H and O–H groups in total. The van der Waals surface area contributed by atoms with Crippen LogP contribution < -0.4 is 10.6 Å². The average molecular weight is 208 g/mol. The first-order valence-electron chi connectivity index (χ1n) is 5.23. The molecule has 1 heterocycles. The number of nitrogens with one attached hydrogen (secondary N) is 2. The fraction of sp³-hybridized carbons (Fsp3) is 0.636. The van der Waals surface area contributed by atoms with Crippen LogP contribution in [0.1, 0.15) is 27.7 Å². The fourth-order valence-electron chi connectivity index (χ4n) is 1.23. The van der Waals surface area contributed by atoms with Crippen molar-refractivity contribution >= 4 is 12.4 Å². The highest BCUT2D eigenvalue weighted by atomic mass is 15.1. The van der Waals surface area contributed by atoms with Crippen LogP contribution in [-0.2, 0) is 0 Å². The first kappa shape index (κ1) is 11.8. The zero-order valence-corrected chi connectivity index (χ0v) is 10.1. The summed E-state index contributed by atoms with van der Waals surface area (Å²) >= 11 is 0. The van der Waals surface area contributed by atoms with Crippen LogP contribution in [0.3, 0.4) is 0 Å². The van der Waals surface area contributed by atoms with Crippen LogP contribution in [0.5, 0.6) is 0 Å². The number of allylic oxidation sites excluding steroid dienone is 1. The minimum absolute atomic E-state index is 0.234. The molecule has 1 aliphatic heterocycles. The van der Waals surface area contributed by atoms with E-state index in [1.165, 1.54) is 0 Å². The van der Waals surface area contributed by atoms with Gasteiger partial charge in [0.25, 0.3) is 0 Å². The van der Waals surface area contributed by atoms with Crippen molar-refractivity contribution in [1.82, 2.24) is 10.6 Å². The molecule has 0 bridgehead atoms. The SMILES string of the molecule is CNC1=C(NC(C)C)C=NC(C)(C)C=N1. The first-order valence-corrected chi connectivity index (χ1v) is 5.23. The normalized spacial score (nSPS) is 19.3. The van der Waals surface area contributed by atoms with Crippen molar-refractivity contribution < 1.29 is 0 Å². The van der Waals surface area contributed by atoms with E-state index in [1.54, 1.807) is 0 Å². The van der Waals surface area contributed by atoms with Crippen molar-refractivity contribution in [2.24, 2.45) is 9.98 Å². The fourth-order valence-corrected chi connectivity index (χ4v) is 1.23. The van der Waals surface area contributed by atoms with E-state index >= 15 is 0 Å². The van der Waals surface area contributed by atoms with E-state index in [0.717, 1.165) is 11.5 Å². The summed E-state index contributed by atoms with van der Waals surface area (Å²) in [6.07, 6.45) is 3.70. The van der Waals surface area contributed by atoms with Gasteiger partial charge in [-0.2, -0.15) is 0 Å². The second-order valence-electron chi connectivity index (χ2n) is 4.48. The molecule has 0 aliphatic carbocycles. The molecule has 0 aromatic heterocycles. The number of hydrogen-bond donors (Lipinski definition) is 2. The summed E-state index contributed by atoms with van der Waals surface area (Å²) in [6.45, 7) is 8.24. The largest absolute Gasteiger partial charge is 0.379 e. The van der Waals surface area contributed by atoms with E-state index in [4.69, 9.17) is 0 Å². The monoisotopic (exact) mass is 208 g/mol. The Morgan fingerprint density at radius 3 is 2.53 bits per heavy atom. The van der Waals surface area contributed by atoms with E-state index in [9.17, 15) is 0 Å². The third kappa shape index (κ3) is 3.38. The Morgan fingerprint density at radius 2 is 2.00 bits per heavy atom. The first-order chi connectivity index (χ1) is 6.94. The average Bonchev–Trinajstić information content (AvgIpc) is 2.26. The van der Waals surface area contributed by atoms with Gasteiger partial charge in [-0.1, -0.05) is 0 Å². The maximum atomic E-state index is 4.45. The molecule has 0 spiro atoms. The second-order valence-corrected chi connectivity index (χ2v) is 4.48. The molecule has 1 aliphatic rings. The van der Waals surface area contributed by atoms with E-state index in [-0.39, 0.29) is 5.54 Å². The third-order valence-corrected chi connectivity index (χ3v) is 1.97. The molecule has 15 heavy (non-hydrogen) atoms. The molecular formula is C11H20N4. The molecule has 0 saturated heterocycles. The van der Waals surface area contributed by atoms with E-state index in [1.807, 2.05) is 33.3 Å². The molecule has 0 aromatic carbocycles. The number of hydrogen-bond acceptors (Lipinski definition) is 4. The van der Waals surface area contributed by atoms with Gasteiger partial charge in [0, 0.05) is 25.5 Å². The van der Waals surface area contributed by atoms with E-state index < -0.39 is 0 Å². The summed E-state index contributed by atoms with van der Waals surface area (Å²) in [4.78, 5) is 8.84. The van der Waals surface area contributed by atoms with Gasteiger partial charge in [-0.15, -0.1) is 0 Å². The predicted octanol–water partition coefficient (Wildman–Crippen LogP) is 1.31. The molecule has 84 valence electrons. The number of aliphatic imine (C=N–C) groups is 2. The molecule has 0 fully saturated rings. The highest BCUT2D eigenvalue weighted by Gasteiger charge is 2.16. The molecule has 0 radical (unpaired) electrons. The van der Waals surface area contributed by atoms with E-state index in [2.05, 4.69) is 34.5 Å². The third-order valence-electron chi connectivity index (χ3n) is 1.97. The minimum Gasteiger partial charge on any atom is -0.379 e. The summed E-state index contributed by atoms with van der Waals surface area (Å²) in [5, 5.41) is 6.38. The molecule has 0 saturated carbocycles. The lowest BCUT2D eigenvalue weighted by molar-refractivity contribution is 0.675. The van der Waals surface area contributed by atoms with Crippen LogP contribution in [0.15, 0.2) is 21.5 Å². The van der Waals surface area contributed by atoms with Crippen LogP contribution in [0, 0.1) is 0 Å². The zero-order chi connectivity index (χ0) is 11.5. The maximum Gasteiger partial charge on any atom is 0.150 e. The molecule has 1 rings (SSSR count). The molecule has 4 nitrogen and oxygen atoms in total. The second kappa shape index (κ2) is 4.47. The van der Waals surface area contributed by atoms with Gasteiger partial charge in [-0.05, 0) is 27.7 Å². The topological polar surface area (TPSA) is 48.8 Å². The molecule has 4 heteroatoms. The zero-order valence-electron chi connectivity index (χ0n) is 10.1. The maximum absolute atomic E-state index is 4.45. The number of rotatable bonds is 3. The van der Waals surface area contributed by atoms with Gasteiger partial charge in [0.15, 0.2) is 0 Å². The van der Waals surface area contributed by atoms with Crippen molar-refractivity contribution in [1.29, 1.82) is 0 Å². The predicted molar refractivity (Wildman–Crippen MR) is 65.4 cm³/mol. The minimum atomic E-state index is -0.234. The summed E-state index contributed by atoms with van der Waals surface area (Å²) in [5.74, 6) is 0.832. The summed E-state index contributed by atoms with van der Waals surface area (Å²) in [5.41, 5.74) is 0.706. The molecular weight excluding hydrogens is 188 g/mol. The Bertz CT molecular complexity index is 311. The standard InChI is InChI=1S/C11H20N4/c1-8(2)15-9-6-14-11(3,4)7-13-10(9)12-5/h6-8,12,15H,1-5H3. The van der Waals surface area contributed by atoms with Crippen LogP contribution in [0.4, 0.5) is 0 Å². The van der Waals surface area contributed by atoms with Crippen molar-refractivity contribution in [3.05, 3.63) is 11.5 Å². The van der Waals surface area contributed by atoms with Crippen molar-refractivity contribution in [3.8, 4) is 0 Å². The highest BCUT2D eigenvalue weighted by Crippen LogP contribution is 2.11. The summed E-state index contributed by atoms with van der Waals surface area (Å²) in [7, 11) is 1.86. The van der Waals surface area contributed by atoms with Crippen LogP contribution in [0.2, 0.25) is 0 Å².